The summed E-state index contributed by atoms with van der Waals surface area (Å²) in [6.07, 6.45) is 1.11. The van der Waals surface area contributed by atoms with Gasteiger partial charge in [-0.25, -0.2) is 9.97 Å². The SMILES string of the molecule is Cc1ccc2c(N3CCCN(C)CC3)nc(-c3ccccc3O)nc2c1. The van der Waals surface area contributed by atoms with Crippen LogP contribution in [0.1, 0.15) is 12.0 Å². The molecule has 0 unspecified atom stereocenters. The van der Waals surface area contributed by atoms with Crippen molar-refractivity contribution in [2.24, 2.45) is 0 Å². The minimum Gasteiger partial charge on any atom is -0.507 e. The third-order valence-corrected chi connectivity index (χ3v) is 5.00. The number of rotatable bonds is 2. The van der Waals surface area contributed by atoms with E-state index in [2.05, 4.69) is 42.0 Å². The molecule has 2 aromatic carbocycles. The molecular weight excluding hydrogens is 324 g/mol. The van der Waals surface area contributed by atoms with E-state index in [9.17, 15) is 5.11 Å². The summed E-state index contributed by atoms with van der Waals surface area (Å²) in [4.78, 5) is 14.4. The predicted molar refractivity (Wildman–Crippen MR) is 106 cm³/mol. The Morgan fingerprint density at radius 2 is 1.81 bits per heavy atom. The molecule has 5 nitrogen and oxygen atoms in total. The number of phenolic OH excluding ortho intramolecular Hbond substituents is 1. The van der Waals surface area contributed by atoms with Crippen molar-refractivity contribution in [2.45, 2.75) is 13.3 Å². The fourth-order valence-electron chi connectivity index (χ4n) is 3.51. The molecule has 1 N–H and O–H groups in total. The standard InChI is InChI=1S/C21H24N4O/c1-15-8-9-16-18(14-15)22-20(17-6-3-4-7-19(17)26)23-21(16)25-11-5-10-24(2)12-13-25/h3-4,6-9,14,26H,5,10-13H2,1-2H3. The Balaban J connectivity index is 1.88. The van der Waals surface area contributed by atoms with Gasteiger partial charge in [-0.05, 0) is 56.8 Å². The minimum atomic E-state index is 0.209. The van der Waals surface area contributed by atoms with Crippen LogP contribution in [0.4, 0.5) is 5.82 Å². The molecule has 1 aliphatic rings. The van der Waals surface area contributed by atoms with Crippen molar-refractivity contribution in [2.75, 3.05) is 38.1 Å². The van der Waals surface area contributed by atoms with E-state index < -0.39 is 0 Å². The molecule has 4 rings (SSSR count). The zero-order chi connectivity index (χ0) is 18.1. The number of aromatic hydroxyl groups is 1. The zero-order valence-corrected chi connectivity index (χ0v) is 15.3. The van der Waals surface area contributed by atoms with Crippen LogP contribution in [0.3, 0.4) is 0 Å². The molecule has 1 aliphatic heterocycles. The fraction of sp³-hybridized carbons (Fsp3) is 0.333. The van der Waals surface area contributed by atoms with Crippen molar-refractivity contribution >= 4 is 16.7 Å². The molecule has 2 heterocycles. The topological polar surface area (TPSA) is 52.5 Å². The van der Waals surface area contributed by atoms with Gasteiger partial charge in [0.1, 0.15) is 11.6 Å². The molecule has 0 atom stereocenters. The molecule has 3 aromatic rings. The van der Waals surface area contributed by atoms with Crippen LogP contribution in [0.15, 0.2) is 42.5 Å². The Labute approximate surface area is 153 Å². The number of benzene rings is 2. The monoisotopic (exact) mass is 348 g/mol. The van der Waals surface area contributed by atoms with E-state index in [1.807, 2.05) is 18.2 Å². The highest BCUT2D eigenvalue weighted by molar-refractivity contribution is 5.91. The number of hydrogen-bond donors (Lipinski definition) is 1. The highest BCUT2D eigenvalue weighted by atomic mass is 16.3. The van der Waals surface area contributed by atoms with Crippen molar-refractivity contribution < 1.29 is 5.11 Å². The first kappa shape index (κ1) is 16.8. The largest absolute Gasteiger partial charge is 0.507 e. The van der Waals surface area contributed by atoms with Gasteiger partial charge in [-0.15, -0.1) is 0 Å². The van der Waals surface area contributed by atoms with Gasteiger partial charge in [0, 0.05) is 25.0 Å². The first-order chi connectivity index (χ1) is 12.6. The molecule has 5 heteroatoms. The Kier molecular flexibility index (Phi) is 4.47. The summed E-state index contributed by atoms with van der Waals surface area (Å²) in [7, 11) is 2.17. The van der Waals surface area contributed by atoms with Gasteiger partial charge in [0.15, 0.2) is 5.82 Å². The van der Waals surface area contributed by atoms with Crippen LogP contribution in [0.5, 0.6) is 5.75 Å². The Morgan fingerprint density at radius 1 is 0.962 bits per heavy atom. The number of fused-ring (bicyclic) bond motifs is 1. The van der Waals surface area contributed by atoms with Crippen molar-refractivity contribution in [3.8, 4) is 17.1 Å². The van der Waals surface area contributed by atoms with Crippen LogP contribution >= 0.6 is 0 Å². The summed E-state index contributed by atoms with van der Waals surface area (Å²) in [5.41, 5.74) is 2.76. The van der Waals surface area contributed by atoms with E-state index in [0.29, 0.717) is 11.4 Å². The second kappa shape index (κ2) is 6.92. The molecule has 0 amide bonds. The van der Waals surface area contributed by atoms with E-state index in [1.54, 1.807) is 6.07 Å². The van der Waals surface area contributed by atoms with E-state index in [1.165, 1.54) is 5.56 Å². The third kappa shape index (κ3) is 3.22. The van der Waals surface area contributed by atoms with Gasteiger partial charge in [0.05, 0.1) is 11.1 Å². The van der Waals surface area contributed by atoms with Crippen LogP contribution < -0.4 is 4.90 Å². The maximum atomic E-state index is 10.3. The summed E-state index contributed by atoms with van der Waals surface area (Å²) in [5.74, 6) is 1.75. The number of aromatic nitrogens is 2. The average molecular weight is 348 g/mol. The molecule has 1 fully saturated rings. The lowest BCUT2D eigenvalue weighted by atomic mass is 10.1. The van der Waals surface area contributed by atoms with E-state index in [0.717, 1.165) is 49.3 Å². The summed E-state index contributed by atoms with van der Waals surface area (Å²) in [6.45, 7) is 6.11. The van der Waals surface area contributed by atoms with Crippen molar-refractivity contribution in [1.29, 1.82) is 0 Å². The van der Waals surface area contributed by atoms with Crippen LogP contribution in [0.25, 0.3) is 22.3 Å². The van der Waals surface area contributed by atoms with Crippen LogP contribution in [0, 0.1) is 6.92 Å². The van der Waals surface area contributed by atoms with Gasteiger partial charge in [-0.1, -0.05) is 18.2 Å². The molecule has 1 aromatic heterocycles. The predicted octanol–water partition coefficient (Wildman–Crippen LogP) is 3.45. The molecule has 134 valence electrons. The first-order valence-corrected chi connectivity index (χ1v) is 9.12. The molecule has 0 radical (unpaired) electrons. The van der Waals surface area contributed by atoms with Crippen molar-refractivity contribution in [1.82, 2.24) is 14.9 Å². The van der Waals surface area contributed by atoms with Gasteiger partial charge >= 0.3 is 0 Å². The van der Waals surface area contributed by atoms with Gasteiger partial charge in [0.2, 0.25) is 0 Å². The molecule has 26 heavy (non-hydrogen) atoms. The normalized spacial score (nSPS) is 16.0. The van der Waals surface area contributed by atoms with Crippen molar-refractivity contribution in [3.63, 3.8) is 0 Å². The maximum Gasteiger partial charge on any atom is 0.165 e. The van der Waals surface area contributed by atoms with Crippen molar-refractivity contribution in [3.05, 3.63) is 48.0 Å². The summed E-state index contributed by atoms with van der Waals surface area (Å²) in [6, 6.07) is 13.6. The lowest BCUT2D eigenvalue weighted by molar-refractivity contribution is 0.360. The fourth-order valence-corrected chi connectivity index (χ4v) is 3.51. The van der Waals surface area contributed by atoms with Gasteiger partial charge in [-0.2, -0.15) is 0 Å². The average Bonchev–Trinajstić information content (AvgIpc) is 2.85. The molecule has 0 bridgehead atoms. The quantitative estimate of drug-likeness (QED) is 0.769. The molecule has 0 saturated carbocycles. The number of nitrogens with zero attached hydrogens (tertiary/aromatic N) is 4. The maximum absolute atomic E-state index is 10.3. The van der Waals surface area contributed by atoms with E-state index >= 15 is 0 Å². The lowest BCUT2D eigenvalue weighted by Crippen LogP contribution is -2.29. The van der Waals surface area contributed by atoms with E-state index in [4.69, 9.17) is 9.97 Å². The van der Waals surface area contributed by atoms with Gasteiger partial charge in [-0.3, -0.25) is 0 Å². The minimum absolute atomic E-state index is 0.209. The number of para-hydroxylation sites is 1. The zero-order valence-electron chi connectivity index (χ0n) is 15.3. The summed E-state index contributed by atoms with van der Waals surface area (Å²) >= 11 is 0. The number of aryl methyl sites for hydroxylation is 1. The Morgan fingerprint density at radius 3 is 2.65 bits per heavy atom. The van der Waals surface area contributed by atoms with Gasteiger partial charge in [0.25, 0.3) is 0 Å². The van der Waals surface area contributed by atoms with Crippen LogP contribution in [-0.4, -0.2) is 53.2 Å². The number of phenols is 1. The summed E-state index contributed by atoms with van der Waals surface area (Å²) < 4.78 is 0. The first-order valence-electron chi connectivity index (χ1n) is 9.12. The Bertz CT molecular complexity index is 940. The van der Waals surface area contributed by atoms with Crippen LogP contribution in [-0.2, 0) is 0 Å². The Hall–Kier alpha value is -2.66. The lowest BCUT2D eigenvalue weighted by Gasteiger charge is -2.24. The molecular formula is C21H24N4O. The van der Waals surface area contributed by atoms with Gasteiger partial charge < -0.3 is 14.9 Å². The smallest absolute Gasteiger partial charge is 0.165 e. The molecule has 0 spiro atoms. The second-order valence-corrected chi connectivity index (χ2v) is 7.05. The van der Waals surface area contributed by atoms with Crippen LogP contribution in [0.2, 0.25) is 0 Å². The number of likely N-dealkylation sites (N-methyl/N-ethyl adjacent to an activating group) is 1. The van der Waals surface area contributed by atoms with E-state index in [-0.39, 0.29) is 5.75 Å². The molecule has 0 aliphatic carbocycles. The number of anilines is 1. The highest BCUT2D eigenvalue weighted by Gasteiger charge is 2.19. The highest BCUT2D eigenvalue weighted by Crippen LogP contribution is 2.32. The number of hydrogen-bond acceptors (Lipinski definition) is 5. The summed E-state index contributed by atoms with van der Waals surface area (Å²) in [5, 5.41) is 11.3. The third-order valence-electron chi connectivity index (χ3n) is 5.00. The second-order valence-electron chi connectivity index (χ2n) is 7.05. The molecule has 1 saturated heterocycles.